The molecular weight excluding hydrogens is 296 g/mol. The summed E-state index contributed by atoms with van der Waals surface area (Å²) in [5, 5.41) is 0. The van der Waals surface area contributed by atoms with Crippen molar-refractivity contribution in [2.45, 2.75) is 63.8 Å². The zero-order valence-electron chi connectivity index (χ0n) is 14.2. The Morgan fingerprint density at radius 2 is 1.73 bits per heavy atom. The van der Waals surface area contributed by atoms with Gasteiger partial charge in [0.15, 0.2) is 0 Å². The molecule has 0 bridgehead atoms. The van der Waals surface area contributed by atoms with Crippen molar-refractivity contribution in [2.24, 2.45) is 11.7 Å². The van der Waals surface area contributed by atoms with Crippen LogP contribution in [0.3, 0.4) is 0 Å². The number of hydrogen-bond donors (Lipinski definition) is 2. The Morgan fingerprint density at radius 3 is 2.09 bits per heavy atom. The number of nitrogens with two attached hydrogens (primary N) is 1. The predicted molar refractivity (Wildman–Crippen MR) is 90.5 cm³/mol. The SMILES string of the molecule is Cc1cc(C(C)(C)C)cc(C)c1S(=O)(=O)NC(CN)C1CC1. The molecule has 1 aliphatic carbocycles. The van der Waals surface area contributed by atoms with Gasteiger partial charge in [-0.05, 0) is 54.7 Å². The quantitative estimate of drug-likeness (QED) is 0.874. The zero-order chi connectivity index (χ0) is 16.7. The van der Waals surface area contributed by atoms with Crippen molar-refractivity contribution in [3.05, 3.63) is 28.8 Å². The summed E-state index contributed by atoms with van der Waals surface area (Å²) in [6.07, 6.45) is 2.12. The van der Waals surface area contributed by atoms with Gasteiger partial charge in [-0.15, -0.1) is 0 Å². The molecule has 1 unspecified atom stereocenters. The van der Waals surface area contributed by atoms with Gasteiger partial charge in [-0.2, -0.15) is 0 Å². The maximum absolute atomic E-state index is 12.8. The van der Waals surface area contributed by atoms with E-state index >= 15 is 0 Å². The second-order valence-electron chi connectivity index (χ2n) is 7.49. The molecule has 2 rings (SSSR count). The fraction of sp³-hybridized carbons (Fsp3) is 0.647. The highest BCUT2D eigenvalue weighted by molar-refractivity contribution is 7.89. The number of nitrogens with one attached hydrogen (secondary N) is 1. The van der Waals surface area contributed by atoms with Gasteiger partial charge >= 0.3 is 0 Å². The van der Waals surface area contributed by atoms with Crippen LogP contribution in [0.5, 0.6) is 0 Å². The maximum Gasteiger partial charge on any atom is 0.241 e. The van der Waals surface area contributed by atoms with E-state index in [1.807, 2.05) is 26.0 Å². The third-order valence-corrected chi connectivity index (χ3v) is 6.14. The first-order valence-electron chi connectivity index (χ1n) is 7.90. The van der Waals surface area contributed by atoms with Crippen LogP contribution in [0, 0.1) is 19.8 Å². The molecule has 1 saturated carbocycles. The minimum atomic E-state index is -3.53. The molecule has 0 heterocycles. The maximum atomic E-state index is 12.8. The fourth-order valence-corrected chi connectivity index (χ4v) is 4.67. The van der Waals surface area contributed by atoms with E-state index < -0.39 is 10.0 Å². The van der Waals surface area contributed by atoms with Crippen LogP contribution in [0.2, 0.25) is 0 Å². The summed E-state index contributed by atoms with van der Waals surface area (Å²) in [4.78, 5) is 0.402. The Bertz CT molecular complexity index is 633. The molecule has 0 aliphatic heterocycles. The Hall–Kier alpha value is -0.910. The summed E-state index contributed by atoms with van der Waals surface area (Å²) in [6.45, 7) is 10.5. The minimum Gasteiger partial charge on any atom is -0.329 e. The van der Waals surface area contributed by atoms with Gasteiger partial charge in [-0.3, -0.25) is 0 Å². The summed E-state index contributed by atoms with van der Waals surface area (Å²) in [5.41, 5.74) is 8.47. The molecule has 22 heavy (non-hydrogen) atoms. The first kappa shape index (κ1) is 17.4. The summed E-state index contributed by atoms with van der Waals surface area (Å²) in [7, 11) is -3.53. The van der Waals surface area contributed by atoms with Gasteiger partial charge in [0.25, 0.3) is 0 Å². The summed E-state index contributed by atoms with van der Waals surface area (Å²) < 4.78 is 28.3. The van der Waals surface area contributed by atoms with E-state index in [9.17, 15) is 8.42 Å². The molecule has 1 aliphatic rings. The molecule has 0 saturated heterocycles. The number of sulfonamides is 1. The predicted octanol–water partition coefficient (Wildman–Crippen LogP) is 2.62. The summed E-state index contributed by atoms with van der Waals surface area (Å²) in [6, 6.07) is 3.82. The summed E-state index contributed by atoms with van der Waals surface area (Å²) in [5.74, 6) is 0.397. The minimum absolute atomic E-state index is 0.000945. The topological polar surface area (TPSA) is 72.2 Å². The van der Waals surface area contributed by atoms with Crippen molar-refractivity contribution < 1.29 is 8.42 Å². The van der Waals surface area contributed by atoms with Crippen molar-refractivity contribution in [1.82, 2.24) is 4.72 Å². The largest absolute Gasteiger partial charge is 0.329 e. The highest BCUT2D eigenvalue weighted by Crippen LogP contribution is 2.34. The van der Waals surface area contributed by atoms with Gasteiger partial charge < -0.3 is 5.73 Å². The second kappa shape index (κ2) is 5.95. The lowest BCUT2D eigenvalue weighted by molar-refractivity contribution is 0.518. The molecule has 0 amide bonds. The smallest absolute Gasteiger partial charge is 0.241 e. The van der Waals surface area contributed by atoms with Gasteiger partial charge in [0.2, 0.25) is 10.0 Å². The number of aryl methyl sites for hydroxylation is 2. The standard InChI is InChI=1S/C17H28N2O2S/c1-11-8-14(17(3,4)5)9-12(2)16(11)22(20,21)19-15(10-18)13-6-7-13/h8-9,13,15,19H,6-7,10,18H2,1-5H3. The molecule has 0 radical (unpaired) electrons. The fourth-order valence-electron chi connectivity index (χ4n) is 2.90. The van der Waals surface area contributed by atoms with Crippen LogP contribution in [0.1, 0.15) is 50.3 Å². The van der Waals surface area contributed by atoms with E-state index in [2.05, 4.69) is 25.5 Å². The van der Waals surface area contributed by atoms with E-state index in [-0.39, 0.29) is 11.5 Å². The average molecular weight is 324 g/mol. The zero-order valence-corrected chi connectivity index (χ0v) is 15.0. The molecule has 0 aromatic heterocycles. The lowest BCUT2D eigenvalue weighted by atomic mass is 9.85. The van der Waals surface area contributed by atoms with Crippen molar-refractivity contribution in [3.8, 4) is 0 Å². The molecule has 1 aromatic rings. The van der Waals surface area contributed by atoms with E-state index in [4.69, 9.17) is 5.73 Å². The van der Waals surface area contributed by atoms with Crippen LogP contribution in [-0.4, -0.2) is 21.0 Å². The summed E-state index contributed by atoms with van der Waals surface area (Å²) >= 11 is 0. The van der Waals surface area contributed by atoms with Crippen molar-refractivity contribution in [2.75, 3.05) is 6.54 Å². The normalized spacial score (nSPS) is 17.5. The van der Waals surface area contributed by atoms with Crippen molar-refractivity contribution >= 4 is 10.0 Å². The van der Waals surface area contributed by atoms with Crippen molar-refractivity contribution in [1.29, 1.82) is 0 Å². The van der Waals surface area contributed by atoms with Crippen LogP contribution < -0.4 is 10.5 Å². The number of benzene rings is 1. The molecule has 0 spiro atoms. The van der Waals surface area contributed by atoms with Crippen LogP contribution in [0.4, 0.5) is 0 Å². The van der Waals surface area contributed by atoms with E-state index in [0.29, 0.717) is 17.4 Å². The van der Waals surface area contributed by atoms with Gasteiger partial charge in [0.1, 0.15) is 0 Å². The molecule has 5 heteroatoms. The van der Waals surface area contributed by atoms with E-state index in [0.717, 1.165) is 29.5 Å². The van der Waals surface area contributed by atoms with Gasteiger partial charge in [-0.1, -0.05) is 32.9 Å². The Kier molecular flexibility index (Phi) is 4.71. The first-order valence-corrected chi connectivity index (χ1v) is 9.38. The molecule has 3 N–H and O–H groups in total. The highest BCUT2D eigenvalue weighted by atomic mass is 32.2. The average Bonchev–Trinajstić information content (AvgIpc) is 3.17. The molecule has 4 nitrogen and oxygen atoms in total. The highest BCUT2D eigenvalue weighted by Gasteiger charge is 2.34. The first-order chi connectivity index (χ1) is 10.1. The van der Waals surface area contributed by atoms with E-state index in [1.54, 1.807) is 0 Å². The van der Waals surface area contributed by atoms with E-state index in [1.165, 1.54) is 0 Å². The Morgan fingerprint density at radius 1 is 1.23 bits per heavy atom. The second-order valence-corrected chi connectivity index (χ2v) is 9.14. The van der Waals surface area contributed by atoms with Crippen LogP contribution in [-0.2, 0) is 15.4 Å². The molecule has 1 atom stereocenters. The van der Waals surface area contributed by atoms with Crippen LogP contribution in [0.15, 0.2) is 17.0 Å². The van der Waals surface area contributed by atoms with Crippen LogP contribution >= 0.6 is 0 Å². The third kappa shape index (κ3) is 3.70. The molecule has 1 aromatic carbocycles. The lowest BCUT2D eigenvalue weighted by Crippen LogP contribution is -2.42. The van der Waals surface area contributed by atoms with Gasteiger partial charge in [0.05, 0.1) is 4.90 Å². The van der Waals surface area contributed by atoms with Crippen LogP contribution in [0.25, 0.3) is 0 Å². The van der Waals surface area contributed by atoms with Crippen molar-refractivity contribution in [3.63, 3.8) is 0 Å². The van der Waals surface area contributed by atoms with Gasteiger partial charge in [-0.25, -0.2) is 13.1 Å². The third-order valence-electron chi connectivity index (χ3n) is 4.35. The lowest BCUT2D eigenvalue weighted by Gasteiger charge is -2.23. The number of rotatable bonds is 5. The van der Waals surface area contributed by atoms with Gasteiger partial charge in [0, 0.05) is 12.6 Å². The Labute approximate surface area is 134 Å². The molecule has 124 valence electrons. The number of hydrogen-bond acceptors (Lipinski definition) is 3. The monoisotopic (exact) mass is 324 g/mol. The Balaban J connectivity index is 2.38. The molecule has 1 fully saturated rings. The molecular formula is C17H28N2O2S.